The van der Waals surface area contributed by atoms with Gasteiger partial charge in [-0.1, -0.05) is 18.2 Å². The first-order valence-electron chi connectivity index (χ1n) is 6.35. The van der Waals surface area contributed by atoms with Crippen molar-refractivity contribution in [1.29, 1.82) is 0 Å². The SMILES string of the molecule is COC(=O)c1ccc(CNC(=O)/C=C/c2cccs2)cc1. The number of hydrogen-bond donors (Lipinski definition) is 1. The first-order valence-corrected chi connectivity index (χ1v) is 7.23. The predicted molar refractivity (Wildman–Crippen MR) is 83.0 cm³/mol. The third-order valence-electron chi connectivity index (χ3n) is 2.78. The van der Waals surface area contributed by atoms with Gasteiger partial charge in [-0.3, -0.25) is 4.79 Å². The zero-order valence-corrected chi connectivity index (χ0v) is 12.4. The van der Waals surface area contributed by atoms with Crippen LogP contribution >= 0.6 is 11.3 Å². The van der Waals surface area contributed by atoms with Crippen LogP contribution in [0.1, 0.15) is 20.8 Å². The normalized spacial score (nSPS) is 10.5. The van der Waals surface area contributed by atoms with Gasteiger partial charge >= 0.3 is 5.97 Å². The Bertz CT molecular complexity index is 630. The Morgan fingerprint density at radius 1 is 1.24 bits per heavy atom. The molecule has 0 saturated carbocycles. The molecule has 0 aliphatic carbocycles. The fourth-order valence-electron chi connectivity index (χ4n) is 1.67. The molecule has 4 nitrogen and oxygen atoms in total. The number of esters is 1. The van der Waals surface area contributed by atoms with Gasteiger partial charge in [-0.05, 0) is 35.2 Å². The molecule has 2 aromatic rings. The summed E-state index contributed by atoms with van der Waals surface area (Å²) in [7, 11) is 1.34. The van der Waals surface area contributed by atoms with Gasteiger partial charge in [-0.2, -0.15) is 0 Å². The van der Waals surface area contributed by atoms with E-state index in [4.69, 9.17) is 0 Å². The maximum Gasteiger partial charge on any atom is 0.337 e. The molecule has 0 radical (unpaired) electrons. The quantitative estimate of drug-likeness (QED) is 0.682. The van der Waals surface area contributed by atoms with Crippen LogP contribution in [0.15, 0.2) is 47.9 Å². The van der Waals surface area contributed by atoms with Gasteiger partial charge in [0.2, 0.25) is 5.91 Å². The van der Waals surface area contributed by atoms with E-state index in [1.807, 2.05) is 17.5 Å². The van der Waals surface area contributed by atoms with Crippen LogP contribution in [0.5, 0.6) is 0 Å². The second-order valence-corrected chi connectivity index (χ2v) is 5.23. The summed E-state index contributed by atoms with van der Waals surface area (Å²) in [5, 5.41) is 4.75. The number of methoxy groups -OCH3 is 1. The number of ether oxygens (including phenoxy) is 1. The van der Waals surface area contributed by atoms with Crippen LogP contribution in [0.4, 0.5) is 0 Å². The average molecular weight is 301 g/mol. The maximum absolute atomic E-state index is 11.7. The van der Waals surface area contributed by atoms with Crippen molar-refractivity contribution in [1.82, 2.24) is 5.32 Å². The summed E-state index contributed by atoms with van der Waals surface area (Å²) in [6, 6.07) is 10.8. The number of nitrogens with one attached hydrogen (secondary N) is 1. The summed E-state index contributed by atoms with van der Waals surface area (Å²) >= 11 is 1.58. The minimum Gasteiger partial charge on any atom is -0.465 e. The van der Waals surface area contributed by atoms with Crippen LogP contribution in [0.2, 0.25) is 0 Å². The molecule has 0 aliphatic rings. The lowest BCUT2D eigenvalue weighted by Gasteiger charge is -2.04. The van der Waals surface area contributed by atoms with Crippen molar-refractivity contribution in [2.24, 2.45) is 0 Å². The molecule has 21 heavy (non-hydrogen) atoms. The van der Waals surface area contributed by atoms with Crippen LogP contribution in [0, 0.1) is 0 Å². The summed E-state index contributed by atoms with van der Waals surface area (Å²) in [6.45, 7) is 0.412. The van der Waals surface area contributed by atoms with Crippen LogP contribution in [0.3, 0.4) is 0 Å². The molecule has 1 aromatic heterocycles. The molecule has 1 N–H and O–H groups in total. The number of carbonyl (C=O) groups excluding carboxylic acids is 2. The predicted octanol–water partition coefficient (Wildman–Crippen LogP) is 2.86. The van der Waals surface area contributed by atoms with E-state index in [-0.39, 0.29) is 11.9 Å². The summed E-state index contributed by atoms with van der Waals surface area (Å²) in [5.74, 6) is -0.523. The van der Waals surface area contributed by atoms with Crippen molar-refractivity contribution in [3.8, 4) is 0 Å². The lowest BCUT2D eigenvalue weighted by molar-refractivity contribution is -0.116. The van der Waals surface area contributed by atoms with Gasteiger partial charge in [0.05, 0.1) is 12.7 Å². The Balaban J connectivity index is 1.85. The van der Waals surface area contributed by atoms with E-state index in [2.05, 4.69) is 10.1 Å². The average Bonchev–Trinajstić information content (AvgIpc) is 3.04. The summed E-state index contributed by atoms with van der Waals surface area (Å²) in [6.07, 6.45) is 3.29. The Morgan fingerprint density at radius 2 is 2.00 bits per heavy atom. The molecule has 0 atom stereocenters. The number of thiophene rings is 1. The topological polar surface area (TPSA) is 55.4 Å². The molecule has 5 heteroatoms. The highest BCUT2D eigenvalue weighted by molar-refractivity contribution is 7.10. The fourth-order valence-corrected chi connectivity index (χ4v) is 2.29. The minimum atomic E-state index is -0.371. The van der Waals surface area contributed by atoms with Gasteiger partial charge in [0.25, 0.3) is 0 Å². The zero-order chi connectivity index (χ0) is 15.1. The first kappa shape index (κ1) is 15.0. The van der Waals surface area contributed by atoms with Crippen LogP contribution < -0.4 is 5.32 Å². The maximum atomic E-state index is 11.7. The van der Waals surface area contributed by atoms with Crippen molar-refractivity contribution in [3.05, 3.63) is 63.9 Å². The van der Waals surface area contributed by atoms with Gasteiger partial charge in [0.1, 0.15) is 0 Å². The van der Waals surface area contributed by atoms with Crippen LogP contribution in [0.25, 0.3) is 6.08 Å². The van der Waals surface area contributed by atoms with Crippen molar-refractivity contribution >= 4 is 29.3 Å². The molecule has 108 valence electrons. The molecule has 0 fully saturated rings. The first-order chi connectivity index (χ1) is 10.2. The third-order valence-corrected chi connectivity index (χ3v) is 3.62. The van der Waals surface area contributed by atoms with Crippen molar-refractivity contribution in [3.63, 3.8) is 0 Å². The Hall–Kier alpha value is -2.40. The molecule has 0 saturated heterocycles. The van der Waals surface area contributed by atoms with Gasteiger partial charge in [0.15, 0.2) is 0 Å². The van der Waals surface area contributed by atoms with E-state index >= 15 is 0 Å². The Labute approximate surface area is 127 Å². The van der Waals surface area contributed by atoms with Gasteiger partial charge in [0, 0.05) is 17.5 Å². The number of carbonyl (C=O) groups is 2. The van der Waals surface area contributed by atoms with E-state index in [0.29, 0.717) is 12.1 Å². The summed E-state index contributed by atoms with van der Waals surface area (Å²) in [5.41, 5.74) is 1.41. The summed E-state index contributed by atoms with van der Waals surface area (Å²) < 4.78 is 4.62. The number of rotatable bonds is 5. The molecule has 0 bridgehead atoms. The molecule has 0 aliphatic heterocycles. The lowest BCUT2D eigenvalue weighted by atomic mass is 10.1. The molecule has 2 rings (SSSR count). The largest absolute Gasteiger partial charge is 0.465 e. The highest BCUT2D eigenvalue weighted by Gasteiger charge is 2.04. The van der Waals surface area contributed by atoms with Crippen LogP contribution in [-0.2, 0) is 16.1 Å². The standard InChI is InChI=1S/C16H15NO3S/c1-20-16(19)13-6-4-12(5-7-13)11-17-15(18)9-8-14-3-2-10-21-14/h2-10H,11H2,1H3,(H,17,18)/b9-8+. The fraction of sp³-hybridized carbons (Fsp3) is 0.125. The van der Waals surface area contributed by atoms with Crippen LogP contribution in [-0.4, -0.2) is 19.0 Å². The van der Waals surface area contributed by atoms with Crippen molar-refractivity contribution in [2.75, 3.05) is 7.11 Å². The number of amides is 1. The van der Waals surface area contributed by atoms with Gasteiger partial charge < -0.3 is 10.1 Å². The lowest BCUT2D eigenvalue weighted by Crippen LogP contribution is -2.20. The smallest absolute Gasteiger partial charge is 0.337 e. The second-order valence-electron chi connectivity index (χ2n) is 4.26. The molecule has 1 heterocycles. The third kappa shape index (κ3) is 4.57. The monoisotopic (exact) mass is 301 g/mol. The van der Waals surface area contributed by atoms with Crippen molar-refractivity contribution < 1.29 is 14.3 Å². The molecule has 1 amide bonds. The highest BCUT2D eigenvalue weighted by Crippen LogP contribution is 2.10. The number of benzene rings is 1. The summed E-state index contributed by atoms with van der Waals surface area (Å²) in [4.78, 5) is 24.0. The molecule has 0 spiro atoms. The van der Waals surface area contributed by atoms with Crippen molar-refractivity contribution in [2.45, 2.75) is 6.54 Å². The van der Waals surface area contributed by atoms with E-state index in [1.54, 1.807) is 41.7 Å². The Morgan fingerprint density at radius 3 is 2.62 bits per heavy atom. The molecule has 1 aromatic carbocycles. The zero-order valence-electron chi connectivity index (χ0n) is 11.5. The minimum absolute atomic E-state index is 0.152. The highest BCUT2D eigenvalue weighted by atomic mass is 32.1. The van der Waals surface area contributed by atoms with Gasteiger partial charge in [-0.25, -0.2) is 4.79 Å². The number of hydrogen-bond acceptors (Lipinski definition) is 4. The van der Waals surface area contributed by atoms with E-state index in [9.17, 15) is 9.59 Å². The van der Waals surface area contributed by atoms with E-state index in [0.717, 1.165) is 10.4 Å². The van der Waals surface area contributed by atoms with E-state index in [1.165, 1.54) is 13.2 Å². The van der Waals surface area contributed by atoms with Gasteiger partial charge in [-0.15, -0.1) is 11.3 Å². The molecular formula is C16H15NO3S. The molecule has 0 unspecified atom stereocenters. The van der Waals surface area contributed by atoms with E-state index < -0.39 is 0 Å². The molecular weight excluding hydrogens is 286 g/mol. The second kappa shape index (κ2) is 7.40. The Kier molecular flexibility index (Phi) is 5.29.